The quantitative estimate of drug-likeness (QED) is 0.567. The predicted octanol–water partition coefficient (Wildman–Crippen LogP) is 1.11. The monoisotopic (exact) mass is 410 g/mol. The summed E-state index contributed by atoms with van der Waals surface area (Å²) in [7, 11) is 0. The number of aromatic nitrogens is 5. The Morgan fingerprint density at radius 1 is 1.23 bits per heavy atom. The van der Waals surface area contributed by atoms with Crippen molar-refractivity contribution in [2.45, 2.75) is 25.8 Å². The first-order valence-corrected chi connectivity index (χ1v) is 10.2. The van der Waals surface area contributed by atoms with E-state index >= 15 is 0 Å². The van der Waals surface area contributed by atoms with Gasteiger partial charge < -0.3 is 14.7 Å². The molecule has 1 aliphatic heterocycles. The molecule has 10 nitrogen and oxygen atoms in total. The second kappa shape index (κ2) is 9.49. The largest absolute Gasteiger partial charge is 0.369 e. The highest BCUT2D eigenvalue weighted by atomic mass is 16.5. The number of aromatic amines is 1. The van der Waals surface area contributed by atoms with Gasteiger partial charge in [-0.15, -0.1) is 0 Å². The number of H-pyrrole nitrogens is 1. The number of carbonyl (C=O) groups is 1. The van der Waals surface area contributed by atoms with Gasteiger partial charge in [-0.05, 0) is 19.1 Å². The highest BCUT2D eigenvalue weighted by Gasteiger charge is 2.21. The molecule has 4 rings (SSSR count). The molecule has 1 atom stereocenters. The molecule has 1 fully saturated rings. The van der Waals surface area contributed by atoms with Crippen LogP contribution in [0.5, 0.6) is 0 Å². The number of hydrogen-bond donors (Lipinski definition) is 2. The third-order valence-corrected chi connectivity index (χ3v) is 5.31. The lowest BCUT2D eigenvalue weighted by Crippen LogP contribution is -2.52. The molecular weight excluding hydrogens is 384 g/mol. The zero-order chi connectivity index (χ0) is 20.8. The molecule has 0 bridgehead atoms. The molecule has 3 heterocycles. The number of nitrogens with zero attached hydrogens (tertiary/aromatic N) is 6. The number of para-hydroxylation sites is 1. The fraction of sp³-hybridized carbons (Fsp3) is 0.450. The van der Waals surface area contributed by atoms with Crippen molar-refractivity contribution in [2.24, 2.45) is 0 Å². The summed E-state index contributed by atoms with van der Waals surface area (Å²) in [5.41, 5.74) is 1.27. The summed E-state index contributed by atoms with van der Waals surface area (Å²) in [6, 6.07) is 10.8. The molecular formula is C20H26N8O2. The minimum absolute atomic E-state index is 0.0239. The van der Waals surface area contributed by atoms with E-state index < -0.39 is 0 Å². The van der Waals surface area contributed by atoms with Crippen LogP contribution in [0, 0.1) is 0 Å². The Labute approximate surface area is 174 Å². The number of aryl methyl sites for hydroxylation is 1. The maximum Gasteiger partial charge on any atom is 0.239 e. The van der Waals surface area contributed by atoms with Gasteiger partial charge in [-0.2, -0.15) is 10.1 Å². The highest BCUT2D eigenvalue weighted by molar-refractivity contribution is 5.76. The van der Waals surface area contributed by atoms with Crippen LogP contribution in [0.15, 0.2) is 41.2 Å². The van der Waals surface area contributed by atoms with E-state index in [-0.39, 0.29) is 11.9 Å². The van der Waals surface area contributed by atoms with Gasteiger partial charge in [0.1, 0.15) is 6.33 Å². The Kier molecular flexibility index (Phi) is 6.33. The summed E-state index contributed by atoms with van der Waals surface area (Å²) in [4.78, 5) is 25.2. The second-order valence-electron chi connectivity index (χ2n) is 7.36. The minimum atomic E-state index is -0.0239. The van der Waals surface area contributed by atoms with Crippen molar-refractivity contribution >= 4 is 11.6 Å². The predicted molar refractivity (Wildman–Crippen MR) is 111 cm³/mol. The van der Waals surface area contributed by atoms with Gasteiger partial charge in [-0.25, -0.2) is 4.98 Å². The van der Waals surface area contributed by atoms with Crippen molar-refractivity contribution in [3.8, 4) is 11.6 Å². The number of anilines is 1. The number of nitrogens with one attached hydrogen (secondary N) is 2. The van der Waals surface area contributed by atoms with Crippen LogP contribution in [0.1, 0.15) is 19.2 Å². The number of hydrogen-bond acceptors (Lipinski definition) is 8. The normalized spacial score (nSPS) is 15.8. The Balaban J connectivity index is 1.16. The van der Waals surface area contributed by atoms with Gasteiger partial charge in [0, 0.05) is 57.3 Å². The molecule has 1 aliphatic rings. The van der Waals surface area contributed by atoms with Gasteiger partial charge in [0.2, 0.25) is 17.6 Å². The van der Waals surface area contributed by atoms with Gasteiger partial charge >= 0.3 is 0 Å². The van der Waals surface area contributed by atoms with Crippen molar-refractivity contribution < 1.29 is 9.32 Å². The first-order chi connectivity index (χ1) is 14.7. The number of amides is 1. The Morgan fingerprint density at radius 3 is 2.77 bits per heavy atom. The number of benzene rings is 1. The summed E-state index contributed by atoms with van der Waals surface area (Å²) >= 11 is 0. The van der Waals surface area contributed by atoms with Crippen LogP contribution in [0.25, 0.3) is 11.6 Å². The molecule has 158 valence electrons. The third kappa shape index (κ3) is 5.01. The Bertz CT molecular complexity index is 919. The van der Waals surface area contributed by atoms with E-state index in [1.807, 2.05) is 6.07 Å². The molecule has 0 aliphatic carbocycles. The number of carbonyl (C=O) groups excluding carboxylic acids is 1. The minimum Gasteiger partial charge on any atom is -0.369 e. The molecule has 1 aromatic carbocycles. The van der Waals surface area contributed by atoms with Crippen molar-refractivity contribution in [3.63, 3.8) is 0 Å². The molecule has 0 saturated carbocycles. The number of rotatable bonds is 8. The van der Waals surface area contributed by atoms with Crippen LogP contribution in [0.4, 0.5) is 5.69 Å². The highest BCUT2D eigenvalue weighted by Crippen LogP contribution is 2.16. The smallest absolute Gasteiger partial charge is 0.239 e. The summed E-state index contributed by atoms with van der Waals surface area (Å²) in [5, 5.41) is 13.3. The fourth-order valence-corrected chi connectivity index (χ4v) is 3.53. The molecule has 0 unspecified atom stereocenters. The molecule has 2 N–H and O–H groups in total. The maximum absolute atomic E-state index is 12.2. The van der Waals surface area contributed by atoms with Gasteiger partial charge in [-0.3, -0.25) is 14.8 Å². The van der Waals surface area contributed by atoms with Crippen LogP contribution in [-0.2, 0) is 11.2 Å². The average Bonchev–Trinajstić information content (AvgIpc) is 3.49. The molecule has 0 radical (unpaired) electrons. The summed E-state index contributed by atoms with van der Waals surface area (Å²) in [5.74, 6) is 1.16. The first kappa shape index (κ1) is 20.0. The van der Waals surface area contributed by atoms with Crippen LogP contribution in [0.3, 0.4) is 0 Å². The van der Waals surface area contributed by atoms with Gasteiger partial charge in [0.05, 0.1) is 0 Å². The van der Waals surface area contributed by atoms with E-state index in [4.69, 9.17) is 4.52 Å². The van der Waals surface area contributed by atoms with Gasteiger partial charge in [0.25, 0.3) is 0 Å². The van der Waals surface area contributed by atoms with Gasteiger partial charge in [0.15, 0.2) is 5.82 Å². The molecule has 10 heteroatoms. The lowest BCUT2D eigenvalue weighted by molar-refractivity contribution is -0.121. The van der Waals surface area contributed by atoms with Crippen LogP contribution in [-0.4, -0.2) is 74.9 Å². The summed E-state index contributed by atoms with van der Waals surface area (Å²) < 4.78 is 5.16. The maximum atomic E-state index is 12.2. The van der Waals surface area contributed by atoms with E-state index in [0.717, 1.165) is 26.2 Å². The van der Waals surface area contributed by atoms with Crippen LogP contribution in [0.2, 0.25) is 0 Å². The Hall–Kier alpha value is -3.27. The molecule has 0 spiro atoms. The zero-order valence-corrected chi connectivity index (χ0v) is 17.0. The van der Waals surface area contributed by atoms with Crippen molar-refractivity contribution in [1.82, 2.24) is 35.5 Å². The van der Waals surface area contributed by atoms with Crippen molar-refractivity contribution in [3.05, 3.63) is 42.5 Å². The lowest BCUT2D eigenvalue weighted by atomic mass is 10.2. The van der Waals surface area contributed by atoms with Crippen LogP contribution < -0.4 is 10.2 Å². The fourth-order valence-electron chi connectivity index (χ4n) is 3.53. The van der Waals surface area contributed by atoms with Crippen molar-refractivity contribution in [2.75, 3.05) is 37.6 Å². The summed E-state index contributed by atoms with van der Waals surface area (Å²) in [6.07, 6.45) is 2.06. The van der Waals surface area contributed by atoms with E-state index in [1.165, 1.54) is 12.0 Å². The molecule has 30 heavy (non-hydrogen) atoms. The number of piperazine rings is 1. The van der Waals surface area contributed by atoms with Gasteiger partial charge in [-0.1, -0.05) is 23.4 Å². The van der Waals surface area contributed by atoms with E-state index in [2.05, 4.69) is 71.6 Å². The molecule has 1 saturated heterocycles. The van der Waals surface area contributed by atoms with Crippen LogP contribution >= 0.6 is 0 Å². The molecule has 3 aromatic rings. The Morgan fingerprint density at radius 2 is 2.03 bits per heavy atom. The third-order valence-electron chi connectivity index (χ3n) is 5.31. The van der Waals surface area contributed by atoms with E-state index in [0.29, 0.717) is 36.9 Å². The SMILES string of the molecule is C[C@H](CNC(=O)CCc1nc(-c2ncn[nH]2)no1)N1CCN(c2ccccc2)CC1. The lowest BCUT2D eigenvalue weighted by Gasteiger charge is -2.39. The summed E-state index contributed by atoms with van der Waals surface area (Å²) in [6.45, 7) is 6.73. The standard InChI is InChI=1S/C20H26N8O2/c1-15(27-9-11-28(12-10-27)16-5-3-2-4-6-16)13-21-17(29)7-8-18-24-20(26-30-18)19-22-14-23-25-19/h2-6,14-15H,7-13H2,1H3,(H,21,29)(H,22,23,25)/t15-/m1/s1. The van der Waals surface area contributed by atoms with Crippen molar-refractivity contribution in [1.29, 1.82) is 0 Å². The second-order valence-corrected chi connectivity index (χ2v) is 7.36. The zero-order valence-electron chi connectivity index (χ0n) is 17.0. The average molecular weight is 410 g/mol. The first-order valence-electron chi connectivity index (χ1n) is 10.2. The van der Waals surface area contributed by atoms with E-state index in [9.17, 15) is 4.79 Å². The molecule has 2 aromatic heterocycles. The topological polar surface area (TPSA) is 116 Å². The van der Waals surface area contributed by atoms with E-state index in [1.54, 1.807) is 0 Å². The molecule has 1 amide bonds.